The van der Waals surface area contributed by atoms with Crippen molar-refractivity contribution in [1.82, 2.24) is 0 Å². The quantitative estimate of drug-likeness (QED) is 0.281. The van der Waals surface area contributed by atoms with E-state index in [-0.39, 0.29) is 16.8 Å². The predicted octanol–water partition coefficient (Wildman–Crippen LogP) is 2.21. The Kier molecular flexibility index (Phi) is 3.51. The summed E-state index contributed by atoms with van der Waals surface area (Å²) in [5, 5.41) is 10.6. The number of benzene rings is 1. The standard InChI is InChI=1S/C9H6INO4/c1-5(13)7-3-8(10)6(4-12)2-9(7)11(14)15/h2-4H,1H3. The van der Waals surface area contributed by atoms with Gasteiger partial charge in [-0.15, -0.1) is 0 Å². The number of rotatable bonds is 3. The van der Waals surface area contributed by atoms with E-state index in [1.54, 1.807) is 0 Å². The highest BCUT2D eigenvalue weighted by atomic mass is 127. The third kappa shape index (κ3) is 2.38. The molecule has 15 heavy (non-hydrogen) atoms. The van der Waals surface area contributed by atoms with E-state index in [0.29, 0.717) is 9.86 Å². The molecule has 1 aromatic rings. The van der Waals surface area contributed by atoms with Crippen LogP contribution >= 0.6 is 22.6 Å². The minimum Gasteiger partial charge on any atom is -0.298 e. The summed E-state index contributed by atoms with van der Waals surface area (Å²) < 4.78 is 0.526. The maximum Gasteiger partial charge on any atom is 0.280 e. The largest absolute Gasteiger partial charge is 0.298 e. The van der Waals surface area contributed by atoms with Crippen LogP contribution in [0.4, 0.5) is 5.69 Å². The van der Waals surface area contributed by atoms with E-state index in [4.69, 9.17) is 0 Å². The zero-order chi connectivity index (χ0) is 11.6. The molecule has 0 aromatic heterocycles. The number of nitro groups is 1. The summed E-state index contributed by atoms with van der Waals surface area (Å²) in [6, 6.07) is 2.47. The molecule has 0 aliphatic heterocycles. The molecule has 5 nitrogen and oxygen atoms in total. The third-order valence-electron chi connectivity index (χ3n) is 1.82. The average molecular weight is 319 g/mol. The molecular weight excluding hydrogens is 313 g/mol. The summed E-state index contributed by atoms with van der Waals surface area (Å²) in [6.07, 6.45) is 0.526. The second-order valence-corrected chi connectivity index (χ2v) is 3.98. The maximum absolute atomic E-state index is 11.1. The Morgan fingerprint density at radius 3 is 2.53 bits per heavy atom. The van der Waals surface area contributed by atoms with Crippen LogP contribution in [-0.4, -0.2) is 17.0 Å². The lowest BCUT2D eigenvalue weighted by molar-refractivity contribution is -0.385. The second kappa shape index (κ2) is 4.47. The number of hydrogen-bond donors (Lipinski definition) is 0. The van der Waals surface area contributed by atoms with Gasteiger partial charge in [-0.25, -0.2) is 0 Å². The van der Waals surface area contributed by atoms with E-state index in [1.807, 2.05) is 22.6 Å². The molecule has 0 atom stereocenters. The Hall–Kier alpha value is -1.31. The van der Waals surface area contributed by atoms with Crippen LogP contribution in [0.5, 0.6) is 0 Å². The lowest BCUT2D eigenvalue weighted by Crippen LogP contribution is -2.02. The van der Waals surface area contributed by atoms with Gasteiger partial charge in [0.15, 0.2) is 12.1 Å². The molecule has 0 radical (unpaired) electrons. The molecule has 0 fully saturated rings. The smallest absolute Gasteiger partial charge is 0.280 e. The lowest BCUT2D eigenvalue weighted by atomic mass is 10.1. The fraction of sp³-hybridized carbons (Fsp3) is 0.111. The summed E-state index contributed by atoms with van der Waals surface area (Å²) in [5.74, 6) is -0.392. The minimum atomic E-state index is -0.667. The monoisotopic (exact) mass is 319 g/mol. The van der Waals surface area contributed by atoms with Crippen molar-refractivity contribution in [2.45, 2.75) is 6.92 Å². The van der Waals surface area contributed by atoms with Crippen LogP contribution in [0.1, 0.15) is 27.6 Å². The first kappa shape index (κ1) is 11.8. The van der Waals surface area contributed by atoms with Crippen LogP contribution in [0.15, 0.2) is 12.1 Å². The molecule has 0 heterocycles. The molecule has 78 valence electrons. The van der Waals surface area contributed by atoms with Crippen LogP contribution in [0.3, 0.4) is 0 Å². The third-order valence-corrected chi connectivity index (χ3v) is 2.75. The van der Waals surface area contributed by atoms with E-state index < -0.39 is 10.7 Å². The van der Waals surface area contributed by atoms with E-state index in [0.717, 1.165) is 6.07 Å². The summed E-state index contributed by atoms with van der Waals surface area (Å²) in [5.41, 5.74) is -0.0904. The van der Waals surface area contributed by atoms with Crippen molar-refractivity contribution in [2.24, 2.45) is 0 Å². The van der Waals surface area contributed by atoms with Gasteiger partial charge < -0.3 is 0 Å². The van der Waals surface area contributed by atoms with Crippen LogP contribution < -0.4 is 0 Å². The Labute approximate surface area is 98.8 Å². The molecular formula is C9H6INO4. The van der Waals surface area contributed by atoms with Crippen LogP contribution in [0.25, 0.3) is 0 Å². The molecule has 1 aromatic carbocycles. The number of nitrogens with zero attached hydrogens (tertiary/aromatic N) is 1. The van der Waals surface area contributed by atoms with E-state index in [9.17, 15) is 19.7 Å². The highest BCUT2D eigenvalue weighted by molar-refractivity contribution is 14.1. The number of halogens is 1. The van der Waals surface area contributed by atoms with Crippen molar-refractivity contribution < 1.29 is 14.5 Å². The lowest BCUT2D eigenvalue weighted by Gasteiger charge is -2.01. The SMILES string of the molecule is CC(=O)c1cc(I)c(C=O)cc1[N+](=O)[O-]. The predicted molar refractivity (Wildman–Crippen MR) is 61.2 cm³/mol. The highest BCUT2D eigenvalue weighted by Crippen LogP contribution is 2.24. The van der Waals surface area contributed by atoms with Gasteiger partial charge in [-0.05, 0) is 35.6 Å². The molecule has 0 saturated carbocycles. The molecule has 0 amide bonds. The number of Topliss-reactive ketones (excluding diaryl/α,β-unsaturated/α-hetero) is 1. The van der Waals surface area contributed by atoms with Crippen LogP contribution in [0.2, 0.25) is 0 Å². The Morgan fingerprint density at radius 2 is 2.13 bits per heavy atom. The van der Waals surface area contributed by atoms with E-state index in [2.05, 4.69) is 0 Å². The molecule has 0 bridgehead atoms. The van der Waals surface area contributed by atoms with Gasteiger partial charge in [-0.3, -0.25) is 19.7 Å². The van der Waals surface area contributed by atoms with Gasteiger partial charge in [-0.2, -0.15) is 0 Å². The molecule has 0 spiro atoms. The number of hydrogen-bond acceptors (Lipinski definition) is 4. The average Bonchev–Trinajstić information content (AvgIpc) is 2.16. The summed E-state index contributed by atoms with van der Waals surface area (Å²) in [4.78, 5) is 31.7. The number of carbonyl (C=O) groups excluding carboxylic acids is 2. The van der Waals surface area contributed by atoms with Crippen molar-refractivity contribution in [3.63, 3.8) is 0 Å². The van der Waals surface area contributed by atoms with Gasteiger partial charge in [0.1, 0.15) is 0 Å². The molecule has 0 saturated heterocycles. The van der Waals surface area contributed by atoms with Gasteiger partial charge in [0.25, 0.3) is 5.69 Å². The normalized spacial score (nSPS) is 9.73. The van der Waals surface area contributed by atoms with Gasteiger partial charge >= 0.3 is 0 Å². The van der Waals surface area contributed by atoms with Crippen molar-refractivity contribution in [2.75, 3.05) is 0 Å². The maximum atomic E-state index is 11.1. The Bertz CT molecular complexity index is 456. The molecule has 0 unspecified atom stereocenters. The number of carbonyl (C=O) groups is 2. The molecule has 6 heteroatoms. The van der Waals surface area contributed by atoms with Gasteiger partial charge in [0, 0.05) is 15.2 Å². The summed E-state index contributed by atoms with van der Waals surface area (Å²) in [7, 11) is 0. The highest BCUT2D eigenvalue weighted by Gasteiger charge is 2.19. The number of ketones is 1. The Morgan fingerprint density at radius 1 is 1.53 bits per heavy atom. The van der Waals surface area contributed by atoms with Crippen molar-refractivity contribution >= 4 is 40.3 Å². The first-order valence-electron chi connectivity index (χ1n) is 3.91. The van der Waals surface area contributed by atoms with Crippen LogP contribution in [-0.2, 0) is 0 Å². The van der Waals surface area contributed by atoms with Crippen molar-refractivity contribution in [1.29, 1.82) is 0 Å². The zero-order valence-electron chi connectivity index (χ0n) is 7.69. The fourth-order valence-corrected chi connectivity index (χ4v) is 1.70. The molecule has 0 aliphatic carbocycles. The first-order valence-corrected chi connectivity index (χ1v) is 4.99. The van der Waals surface area contributed by atoms with E-state index >= 15 is 0 Å². The van der Waals surface area contributed by atoms with Gasteiger partial charge in [0.2, 0.25) is 0 Å². The first-order chi connectivity index (χ1) is 6.97. The van der Waals surface area contributed by atoms with Crippen LogP contribution in [0, 0.1) is 13.7 Å². The summed E-state index contributed by atoms with van der Waals surface area (Å²) in [6.45, 7) is 1.25. The Balaban J connectivity index is 3.52. The zero-order valence-corrected chi connectivity index (χ0v) is 9.85. The molecule has 1 rings (SSSR count). The summed E-state index contributed by atoms with van der Waals surface area (Å²) >= 11 is 1.85. The topological polar surface area (TPSA) is 77.3 Å². The van der Waals surface area contributed by atoms with Crippen molar-refractivity contribution in [3.05, 3.63) is 36.9 Å². The molecule has 0 aliphatic rings. The van der Waals surface area contributed by atoms with Crippen molar-refractivity contribution in [3.8, 4) is 0 Å². The van der Waals surface area contributed by atoms with Gasteiger partial charge in [-0.1, -0.05) is 0 Å². The number of aldehydes is 1. The second-order valence-electron chi connectivity index (χ2n) is 2.82. The fourth-order valence-electron chi connectivity index (χ4n) is 1.10. The van der Waals surface area contributed by atoms with Gasteiger partial charge in [0.05, 0.1) is 10.5 Å². The number of nitro benzene ring substituents is 1. The van der Waals surface area contributed by atoms with E-state index in [1.165, 1.54) is 13.0 Å². The molecule has 0 N–H and O–H groups in total. The minimum absolute atomic E-state index is 0.0231.